The molecule has 0 spiro atoms. The van der Waals surface area contributed by atoms with Crippen molar-refractivity contribution in [2.45, 2.75) is 6.43 Å². The number of rotatable bonds is 2. The van der Waals surface area contributed by atoms with E-state index < -0.39 is 12.4 Å². The lowest BCUT2D eigenvalue weighted by atomic mass is 10.2. The van der Waals surface area contributed by atoms with Gasteiger partial charge in [0.2, 0.25) is 0 Å². The number of hydrogen-bond acceptors (Lipinski definition) is 3. The van der Waals surface area contributed by atoms with Crippen LogP contribution in [0.15, 0.2) is 18.3 Å². The van der Waals surface area contributed by atoms with E-state index in [-0.39, 0.29) is 11.3 Å². The van der Waals surface area contributed by atoms with E-state index in [1.807, 2.05) is 0 Å². The number of halogens is 2. The molecule has 0 unspecified atom stereocenters. The Kier molecular flexibility index (Phi) is 2.89. The summed E-state index contributed by atoms with van der Waals surface area (Å²) in [6.45, 7) is 0. The number of alkyl halides is 2. The maximum absolute atomic E-state index is 12.0. The van der Waals surface area contributed by atoms with Gasteiger partial charge in [0.25, 0.3) is 6.43 Å². The van der Waals surface area contributed by atoms with Gasteiger partial charge in [0.1, 0.15) is 5.69 Å². The number of hydrogen-bond donors (Lipinski definition) is 0. The Bertz CT molecular complexity index is 298. The number of carbonyl (C=O) groups is 1. The molecule has 0 amide bonds. The minimum atomic E-state index is -2.62. The molecular formula is C8H7F2NO2. The molecule has 70 valence electrons. The van der Waals surface area contributed by atoms with Gasteiger partial charge in [0, 0.05) is 6.20 Å². The third-order valence-electron chi connectivity index (χ3n) is 1.43. The summed E-state index contributed by atoms with van der Waals surface area (Å²) in [7, 11) is 1.21. The maximum atomic E-state index is 12.0. The average Bonchev–Trinajstić information content (AvgIpc) is 2.17. The van der Waals surface area contributed by atoms with E-state index in [4.69, 9.17) is 0 Å². The van der Waals surface area contributed by atoms with Crippen molar-refractivity contribution in [2.24, 2.45) is 0 Å². The fourth-order valence-electron chi connectivity index (χ4n) is 0.773. The number of aromatic nitrogens is 1. The molecule has 0 aliphatic rings. The van der Waals surface area contributed by atoms with Gasteiger partial charge in [-0.1, -0.05) is 0 Å². The average molecular weight is 187 g/mol. The smallest absolute Gasteiger partial charge is 0.339 e. The minimum Gasteiger partial charge on any atom is -0.465 e. The number of methoxy groups -OCH3 is 1. The summed E-state index contributed by atoms with van der Waals surface area (Å²) >= 11 is 0. The highest BCUT2D eigenvalue weighted by molar-refractivity contribution is 5.88. The van der Waals surface area contributed by atoms with Crippen LogP contribution in [0.3, 0.4) is 0 Å². The molecule has 0 N–H and O–H groups in total. The topological polar surface area (TPSA) is 39.2 Å². The third-order valence-corrected chi connectivity index (χ3v) is 1.43. The molecule has 1 heterocycles. The van der Waals surface area contributed by atoms with Gasteiger partial charge in [0.05, 0.1) is 12.7 Å². The summed E-state index contributed by atoms with van der Waals surface area (Å²) in [6, 6.07) is 2.34. The lowest BCUT2D eigenvalue weighted by molar-refractivity contribution is 0.0599. The van der Waals surface area contributed by atoms with Crippen molar-refractivity contribution in [2.75, 3.05) is 7.11 Å². The van der Waals surface area contributed by atoms with Gasteiger partial charge in [-0.25, -0.2) is 13.6 Å². The first-order valence-corrected chi connectivity index (χ1v) is 3.47. The van der Waals surface area contributed by atoms with E-state index in [2.05, 4.69) is 9.72 Å². The second-order valence-corrected chi connectivity index (χ2v) is 2.26. The van der Waals surface area contributed by atoms with Gasteiger partial charge in [-0.3, -0.25) is 4.98 Å². The molecule has 0 fully saturated rings. The molecule has 13 heavy (non-hydrogen) atoms. The van der Waals surface area contributed by atoms with E-state index in [9.17, 15) is 13.6 Å². The van der Waals surface area contributed by atoms with Crippen molar-refractivity contribution in [1.82, 2.24) is 4.98 Å². The molecular weight excluding hydrogens is 180 g/mol. The van der Waals surface area contributed by atoms with Gasteiger partial charge >= 0.3 is 5.97 Å². The number of ether oxygens (including phenoxy) is 1. The Balaban J connectivity index is 2.87. The molecule has 0 aliphatic heterocycles. The molecule has 1 aromatic rings. The monoisotopic (exact) mass is 187 g/mol. The van der Waals surface area contributed by atoms with E-state index in [1.165, 1.54) is 13.2 Å². The Labute approximate surface area is 73.4 Å². The van der Waals surface area contributed by atoms with Crippen LogP contribution in [0.1, 0.15) is 22.5 Å². The van der Waals surface area contributed by atoms with Gasteiger partial charge < -0.3 is 4.74 Å². The van der Waals surface area contributed by atoms with Crippen LogP contribution in [0, 0.1) is 0 Å². The Morgan fingerprint density at radius 1 is 1.54 bits per heavy atom. The molecule has 1 rings (SSSR count). The van der Waals surface area contributed by atoms with E-state index >= 15 is 0 Å². The highest BCUT2D eigenvalue weighted by Gasteiger charge is 2.10. The summed E-state index contributed by atoms with van der Waals surface area (Å²) in [6.07, 6.45) is -1.56. The zero-order chi connectivity index (χ0) is 9.84. The van der Waals surface area contributed by atoms with Crippen LogP contribution in [-0.2, 0) is 4.74 Å². The zero-order valence-corrected chi connectivity index (χ0v) is 6.83. The van der Waals surface area contributed by atoms with Crippen LogP contribution in [0.4, 0.5) is 8.78 Å². The van der Waals surface area contributed by atoms with Gasteiger partial charge in [-0.05, 0) is 12.1 Å². The van der Waals surface area contributed by atoms with E-state index in [0.717, 1.165) is 12.3 Å². The molecule has 0 saturated heterocycles. The van der Waals surface area contributed by atoms with Crippen molar-refractivity contribution in [3.8, 4) is 0 Å². The van der Waals surface area contributed by atoms with Gasteiger partial charge in [-0.15, -0.1) is 0 Å². The molecule has 5 heteroatoms. The van der Waals surface area contributed by atoms with Gasteiger partial charge in [-0.2, -0.15) is 0 Å². The molecule has 0 atom stereocenters. The van der Waals surface area contributed by atoms with Crippen molar-refractivity contribution in [3.05, 3.63) is 29.6 Å². The Hall–Kier alpha value is -1.52. The Morgan fingerprint density at radius 3 is 2.62 bits per heavy atom. The van der Waals surface area contributed by atoms with Crippen LogP contribution in [0.5, 0.6) is 0 Å². The third kappa shape index (κ3) is 2.21. The van der Waals surface area contributed by atoms with Crippen LogP contribution in [0.2, 0.25) is 0 Å². The first-order valence-electron chi connectivity index (χ1n) is 3.47. The zero-order valence-electron chi connectivity index (χ0n) is 6.83. The van der Waals surface area contributed by atoms with Crippen LogP contribution in [0.25, 0.3) is 0 Å². The molecule has 0 radical (unpaired) electrons. The van der Waals surface area contributed by atoms with Crippen LogP contribution >= 0.6 is 0 Å². The highest BCUT2D eigenvalue weighted by Crippen LogP contribution is 2.15. The molecule has 0 aliphatic carbocycles. The largest absolute Gasteiger partial charge is 0.465 e. The Morgan fingerprint density at radius 2 is 2.23 bits per heavy atom. The summed E-state index contributed by atoms with van der Waals surface area (Å²) in [5, 5.41) is 0. The highest BCUT2D eigenvalue weighted by atomic mass is 19.3. The first-order chi connectivity index (χ1) is 6.15. The molecule has 0 bridgehead atoms. The van der Waals surface area contributed by atoms with Crippen LogP contribution < -0.4 is 0 Å². The van der Waals surface area contributed by atoms with Crippen LogP contribution in [-0.4, -0.2) is 18.1 Å². The van der Waals surface area contributed by atoms with E-state index in [0.29, 0.717) is 0 Å². The molecule has 1 aromatic heterocycles. The molecule has 3 nitrogen and oxygen atoms in total. The number of nitrogens with zero attached hydrogens (tertiary/aromatic N) is 1. The summed E-state index contributed by atoms with van der Waals surface area (Å²) in [5.74, 6) is -0.590. The number of pyridine rings is 1. The SMILES string of the molecule is COC(=O)c1ccc(C(F)F)nc1. The lowest BCUT2D eigenvalue weighted by Gasteiger charge is -2.00. The normalized spacial score (nSPS) is 10.2. The maximum Gasteiger partial charge on any atom is 0.339 e. The molecule has 0 aromatic carbocycles. The lowest BCUT2D eigenvalue weighted by Crippen LogP contribution is -2.02. The van der Waals surface area contributed by atoms with Crippen molar-refractivity contribution in [3.63, 3.8) is 0 Å². The van der Waals surface area contributed by atoms with E-state index in [1.54, 1.807) is 0 Å². The van der Waals surface area contributed by atoms with Crippen molar-refractivity contribution in [1.29, 1.82) is 0 Å². The number of carbonyl (C=O) groups excluding carboxylic acids is 1. The number of esters is 1. The predicted octanol–water partition coefficient (Wildman–Crippen LogP) is 1.81. The first kappa shape index (κ1) is 9.57. The standard InChI is InChI=1S/C8H7F2NO2/c1-13-8(12)5-2-3-6(7(9)10)11-4-5/h2-4,7H,1H3. The second kappa shape index (κ2) is 3.93. The molecule has 0 saturated carbocycles. The van der Waals surface area contributed by atoms with Gasteiger partial charge in [0.15, 0.2) is 0 Å². The fraction of sp³-hybridized carbons (Fsp3) is 0.250. The summed E-state index contributed by atoms with van der Waals surface area (Å²) < 4.78 is 28.4. The fourth-order valence-corrected chi connectivity index (χ4v) is 0.773. The predicted molar refractivity (Wildman–Crippen MR) is 40.5 cm³/mol. The van der Waals surface area contributed by atoms with Crippen molar-refractivity contribution < 1.29 is 18.3 Å². The second-order valence-electron chi connectivity index (χ2n) is 2.26. The summed E-state index contributed by atoms with van der Waals surface area (Å²) in [4.78, 5) is 14.2. The van der Waals surface area contributed by atoms with Crippen molar-refractivity contribution >= 4 is 5.97 Å². The summed E-state index contributed by atoms with van der Waals surface area (Å²) in [5.41, 5.74) is -0.195. The minimum absolute atomic E-state index is 0.159. The quantitative estimate of drug-likeness (QED) is 0.663.